The molecule has 0 spiro atoms. The van der Waals surface area contributed by atoms with E-state index in [0.717, 1.165) is 43.9 Å². The number of hydrogen-bond donors (Lipinski definition) is 2. The van der Waals surface area contributed by atoms with Crippen molar-refractivity contribution in [3.8, 4) is 0 Å². The van der Waals surface area contributed by atoms with Crippen LogP contribution in [-0.4, -0.2) is 26.7 Å². The number of aromatic nitrogens is 3. The van der Waals surface area contributed by atoms with E-state index in [-0.39, 0.29) is 17.9 Å². The molecule has 2 saturated carbocycles. The van der Waals surface area contributed by atoms with Gasteiger partial charge in [-0.05, 0) is 57.3 Å². The molecule has 6 heteroatoms. The Hall–Kier alpha value is -1.43. The second-order valence-electron chi connectivity index (χ2n) is 7.64. The Morgan fingerprint density at radius 1 is 1.22 bits per heavy atom. The summed E-state index contributed by atoms with van der Waals surface area (Å²) >= 11 is 0. The van der Waals surface area contributed by atoms with Crippen LogP contribution in [0.4, 0.5) is 0 Å². The highest BCUT2D eigenvalue weighted by molar-refractivity contribution is 5.79. The first-order valence-electron chi connectivity index (χ1n) is 9.09. The molecule has 0 aromatic carbocycles. The highest BCUT2D eigenvalue weighted by atomic mass is 16.2. The topological polar surface area (TPSA) is 85.8 Å². The number of aryl methyl sites for hydroxylation is 2. The monoisotopic (exact) mass is 317 g/mol. The van der Waals surface area contributed by atoms with E-state index in [1.165, 1.54) is 19.3 Å². The summed E-state index contributed by atoms with van der Waals surface area (Å²) in [6.45, 7) is 2.82. The third-order valence-corrected chi connectivity index (χ3v) is 6.08. The molecule has 1 amide bonds. The van der Waals surface area contributed by atoms with Crippen molar-refractivity contribution < 1.29 is 4.79 Å². The number of carbonyl (C=O) groups excluding carboxylic acids is 1. The molecule has 2 heterocycles. The quantitative estimate of drug-likeness (QED) is 0.869. The second kappa shape index (κ2) is 5.89. The Morgan fingerprint density at radius 3 is 2.70 bits per heavy atom. The van der Waals surface area contributed by atoms with Crippen LogP contribution in [0.5, 0.6) is 0 Å². The zero-order valence-corrected chi connectivity index (χ0v) is 13.9. The highest BCUT2D eigenvalue weighted by Crippen LogP contribution is 2.42. The average Bonchev–Trinajstić information content (AvgIpc) is 2.88. The van der Waals surface area contributed by atoms with Gasteiger partial charge in [-0.15, -0.1) is 0 Å². The summed E-state index contributed by atoms with van der Waals surface area (Å²) in [7, 11) is 0. The molecule has 1 aromatic rings. The lowest BCUT2D eigenvalue weighted by molar-refractivity contribution is -0.128. The lowest BCUT2D eigenvalue weighted by Gasteiger charge is -2.43. The van der Waals surface area contributed by atoms with Gasteiger partial charge in [0.1, 0.15) is 11.6 Å². The molecule has 0 radical (unpaired) electrons. The molecule has 1 aliphatic heterocycles. The molecule has 3 atom stereocenters. The van der Waals surface area contributed by atoms with E-state index in [0.29, 0.717) is 17.9 Å². The Balaban J connectivity index is 1.45. The Morgan fingerprint density at radius 2 is 1.96 bits per heavy atom. The molecule has 3 N–H and O–H groups in total. The number of carbonyl (C=O) groups is 1. The zero-order chi connectivity index (χ0) is 16.0. The molecule has 6 nitrogen and oxygen atoms in total. The van der Waals surface area contributed by atoms with E-state index >= 15 is 0 Å². The lowest BCUT2D eigenvalue weighted by atomic mass is 9.65. The fraction of sp³-hybridized carbons (Fsp3) is 0.824. The van der Waals surface area contributed by atoms with E-state index in [1.54, 1.807) is 0 Å². The van der Waals surface area contributed by atoms with Crippen LogP contribution in [0.3, 0.4) is 0 Å². The van der Waals surface area contributed by atoms with Crippen LogP contribution in [0, 0.1) is 24.7 Å². The van der Waals surface area contributed by atoms with E-state index in [1.807, 2.05) is 11.6 Å². The van der Waals surface area contributed by atoms with Crippen molar-refractivity contribution in [2.45, 2.75) is 70.5 Å². The first-order valence-corrected chi connectivity index (χ1v) is 9.09. The molecule has 2 fully saturated rings. The van der Waals surface area contributed by atoms with Crippen LogP contribution in [-0.2, 0) is 11.3 Å². The minimum Gasteiger partial charge on any atom is -0.346 e. The molecule has 0 saturated heterocycles. The van der Waals surface area contributed by atoms with Crippen LogP contribution in [0.1, 0.15) is 62.6 Å². The number of nitrogens with two attached hydrogens (primary N) is 1. The summed E-state index contributed by atoms with van der Waals surface area (Å²) in [5, 5.41) is 7.67. The van der Waals surface area contributed by atoms with Gasteiger partial charge in [0, 0.05) is 18.5 Å². The molecule has 2 aliphatic carbocycles. The third kappa shape index (κ3) is 2.77. The van der Waals surface area contributed by atoms with Crippen molar-refractivity contribution in [2.24, 2.45) is 23.5 Å². The van der Waals surface area contributed by atoms with Gasteiger partial charge in [-0.25, -0.2) is 9.67 Å². The summed E-state index contributed by atoms with van der Waals surface area (Å²) in [6, 6.07) is 0.334. The Bertz CT molecular complexity index is 584. The number of nitrogens with one attached hydrogen (secondary N) is 1. The summed E-state index contributed by atoms with van der Waals surface area (Å²) in [5.74, 6) is 3.12. The molecule has 4 rings (SSSR count). The first-order chi connectivity index (χ1) is 11.1. The largest absolute Gasteiger partial charge is 0.346 e. The fourth-order valence-corrected chi connectivity index (χ4v) is 4.90. The number of rotatable bonds is 2. The zero-order valence-electron chi connectivity index (χ0n) is 13.9. The van der Waals surface area contributed by atoms with Crippen LogP contribution >= 0.6 is 0 Å². The molecule has 1 aromatic heterocycles. The molecule has 2 bridgehead atoms. The summed E-state index contributed by atoms with van der Waals surface area (Å²) in [4.78, 5) is 17.3. The number of hydrogen-bond acceptors (Lipinski definition) is 4. The van der Waals surface area contributed by atoms with Crippen molar-refractivity contribution in [2.75, 3.05) is 0 Å². The van der Waals surface area contributed by atoms with E-state index in [2.05, 4.69) is 15.4 Å². The first kappa shape index (κ1) is 15.1. The maximum atomic E-state index is 12.8. The minimum atomic E-state index is 0.0212. The van der Waals surface area contributed by atoms with Gasteiger partial charge >= 0.3 is 0 Å². The van der Waals surface area contributed by atoms with Crippen molar-refractivity contribution >= 4 is 5.91 Å². The van der Waals surface area contributed by atoms with E-state index < -0.39 is 0 Å². The predicted octanol–water partition coefficient (Wildman–Crippen LogP) is 1.69. The Kier molecular flexibility index (Phi) is 3.87. The normalized spacial score (nSPS) is 36.3. The van der Waals surface area contributed by atoms with Gasteiger partial charge in [0.05, 0.1) is 6.04 Å². The summed E-state index contributed by atoms with van der Waals surface area (Å²) in [5.41, 5.74) is 6.34. The van der Waals surface area contributed by atoms with Gasteiger partial charge in [-0.1, -0.05) is 6.42 Å². The summed E-state index contributed by atoms with van der Waals surface area (Å²) in [6.07, 6.45) is 7.59. The lowest BCUT2D eigenvalue weighted by Crippen LogP contribution is -2.49. The molecular weight excluding hydrogens is 290 g/mol. The van der Waals surface area contributed by atoms with Gasteiger partial charge in [-0.2, -0.15) is 5.10 Å². The van der Waals surface area contributed by atoms with Crippen molar-refractivity contribution in [1.29, 1.82) is 0 Å². The maximum absolute atomic E-state index is 12.8. The highest BCUT2D eigenvalue weighted by Gasteiger charge is 2.41. The number of fused-ring (bicyclic) bond motifs is 3. The molecular formula is C17H27N5O. The standard InChI is InChI=1S/C17H27N5O/c1-10-19-16-14(6-3-7-22(16)21-10)20-17(23)13-8-11-4-2-5-12(9-13)15(11)18/h11-15H,2-9,18H2,1H3,(H,20,23). The Labute approximate surface area is 137 Å². The van der Waals surface area contributed by atoms with Crippen LogP contribution in [0.2, 0.25) is 0 Å². The second-order valence-corrected chi connectivity index (χ2v) is 7.64. The van der Waals surface area contributed by atoms with Crippen molar-refractivity contribution in [3.63, 3.8) is 0 Å². The third-order valence-electron chi connectivity index (χ3n) is 6.08. The van der Waals surface area contributed by atoms with E-state index in [9.17, 15) is 4.79 Å². The summed E-state index contributed by atoms with van der Waals surface area (Å²) < 4.78 is 1.95. The molecule has 126 valence electrons. The SMILES string of the molecule is Cc1nc2n(n1)CCCC2NC(=O)C1CC2CCCC(C1)C2N. The van der Waals surface area contributed by atoms with Crippen LogP contribution in [0.25, 0.3) is 0 Å². The van der Waals surface area contributed by atoms with Crippen LogP contribution in [0.15, 0.2) is 0 Å². The number of nitrogens with zero attached hydrogens (tertiary/aromatic N) is 3. The van der Waals surface area contributed by atoms with Crippen molar-refractivity contribution in [3.05, 3.63) is 11.6 Å². The maximum Gasteiger partial charge on any atom is 0.223 e. The minimum absolute atomic E-state index is 0.0212. The fourth-order valence-electron chi connectivity index (χ4n) is 4.90. The number of amides is 1. The van der Waals surface area contributed by atoms with Crippen LogP contribution < -0.4 is 11.1 Å². The van der Waals surface area contributed by atoms with Crippen molar-refractivity contribution in [1.82, 2.24) is 20.1 Å². The molecule has 3 aliphatic rings. The van der Waals surface area contributed by atoms with Gasteiger partial charge in [0.2, 0.25) is 5.91 Å². The van der Waals surface area contributed by atoms with E-state index in [4.69, 9.17) is 5.73 Å². The average molecular weight is 317 g/mol. The predicted molar refractivity (Wildman–Crippen MR) is 86.4 cm³/mol. The van der Waals surface area contributed by atoms with Gasteiger partial charge in [0.15, 0.2) is 0 Å². The van der Waals surface area contributed by atoms with Gasteiger partial charge in [0.25, 0.3) is 0 Å². The smallest absolute Gasteiger partial charge is 0.223 e. The van der Waals surface area contributed by atoms with Gasteiger partial charge < -0.3 is 11.1 Å². The molecule has 23 heavy (non-hydrogen) atoms. The van der Waals surface area contributed by atoms with Gasteiger partial charge in [-0.3, -0.25) is 4.79 Å². The molecule has 3 unspecified atom stereocenters.